The lowest BCUT2D eigenvalue weighted by Gasteiger charge is -2.18. The summed E-state index contributed by atoms with van der Waals surface area (Å²) >= 11 is 0. The Kier molecular flexibility index (Phi) is 3.59. The van der Waals surface area contributed by atoms with E-state index in [0.717, 1.165) is 5.39 Å². The third-order valence-electron chi connectivity index (χ3n) is 2.98. The molecule has 0 aliphatic heterocycles. The van der Waals surface area contributed by atoms with Gasteiger partial charge in [0.15, 0.2) is 6.10 Å². The van der Waals surface area contributed by atoms with Crippen molar-refractivity contribution in [1.82, 2.24) is 0 Å². The topological polar surface area (TPSA) is 94.8 Å². The number of carbonyl (C=O) groups excluding carboxylic acids is 1. The van der Waals surface area contributed by atoms with Crippen molar-refractivity contribution in [3.63, 3.8) is 0 Å². The Balaban J connectivity index is 2.68. The Bertz CT molecular complexity index is 635. The third-order valence-corrected chi connectivity index (χ3v) is 2.98. The second kappa shape index (κ2) is 5.17. The molecule has 0 aliphatic carbocycles. The highest BCUT2D eigenvalue weighted by Gasteiger charge is 2.28. The zero-order valence-corrected chi connectivity index (χ0v) is 9.85. The molecular formula is C14H12O5. The second-order valence-corrected chi connectivity index (χ2v) is 4.14. The summed E-state index contributed by atoms with van der Waals surface area (Å²) in [5.41, 5.74) is 0.287. The van der Waals surface area contributed by atoms with E-state index in [2.05, 4.69) is 0 Å². The number of carboxylic acids is 1. The average Bonchev–Trinajstić information content (AvgIpc) is 2.44. The van der Waals surface area contributed by atoms with Gasteiger partial charge in [0, 0.05) is 11.1 Å². The first-order chi connectivity index (χ1) is 9.06. The van der Waals surface area contributed by atoms with Gasteiger partial charge in [0.05, 0.1) is 0 Å². The van der Waals surface area contributed by atoms with Gasteiger partial charge in [0.1, 0.15) is 12.4 Å². The Hall–Kier alpha value is -2.24. The number of hydrogen-bond acceptors (Lipinski definition) is 4. The molecule has 5 heteroatoms. The molecule has 19 heavy (non-hydrogen) atoms. The number of aliphatic hydroxyl groups excluding tert-OH is 2. The number of hydrogen-bond donors (Lipinski definition) is 3. The van der Waals surface area contributed by atoms with Crippen LogP contribution in [-0.4, -0.2) is 33.7 Å². The van der Waals surface area contributed by atoms with Crippen molar-refractivity contribution < 1.29 is 24.9 Å². The second-order valence-electron chi connectivity index (χ2n) is 4.14. The van der Waals surface area contributed by atoms with E-state index in [1.165, 1.54) is 6.07 Å². The van der Waals surface area contributed by atoms with E-state index in [0.29, 0.717) is 11.7 Å². The molecule has 0 aromatic heterocycles. The van der Waals surface area contributed by atoms with Crippen molar-refractivity contribution in [2.75, 3.05) is 0 Å². The van der Waals surface area contributed by atoms with E-state index in [1.807, 2.05) is 0 Å². The van der Waals surface area contributed by atoms with Gasteiger partial charge < -0.3 is 15.3 Å². The van der Waals surface area contributed by atoms with E-state index >= 15 is 0 Å². The van der Waals surface area contributed by atoms with E-state index in [4.69, 9.17) is 5.11 Å². The zero-order chi connectivity index (χ0) is 14.0. The first kappa shape index (κ1) is 13.2. The molecule has 0 spiro atoms. The van der Waals surface area contributed by atoms with Crippen LogP contribution in [0.3, 0.4) is 0 Å². The lowest BCUT2D eigenvalue weighted by molar-refractivity contribution is -0.153. The summed E-state index contributed by atoms with van der Waals surface area (Å²) in [7, 11) is 0. The molecule has 0 bridgehead atoms. The predicted octanol–water partition coefficient (Wildman–Crippen LogP) is 1.13. The molecule has 0 saturated heterocycles. The third kappa shape index (κ3) is 2.33. The molecule has 98 valence electrons. The van der Waals surface area contributed by atoms with Crippen LogP contribution in [0.1, 0.15) is 22.0 Å². The van der Waals surface area contributed by atoms with Crippen LogP contribution < -0.4 is 0 Å². The SMILES string of the molecule is O=Cc1ccc2ccccc2c1C(O)C(O)C(=O)O. The normalized spacial score (nSPS) is 14.0. The highest BCUT2D eigenvalue weighted by molar-refractivity contribution is 5.94. The molecule has 3 N–H and O–H groups in total. The fraction of sp³-hybridized carbons (Fsp3) is 0.143. The zero-order valence-electron chi connectivity index (χ0n) is 9.85. The number of aldehydes is 1. The average molecular weight is 260 g/mol. The Morgan fingerprint density at radius 2 is 1.79 bits per heavy atom. The Morgan fingerprint density at radius 3 is 2.42 bits per heavy atom. The van der Waals surface area contributed by atoms with Crippen molar-refractivity contribution >= 4 is 23.0 Å². The maximum absolute atomic E-state index is 11.0. The van der Waals surface area contributed by atoms with Crippen LogP contribution in [0.2, 0.25) is 0 Å². The van der Waals surface area contributed by atoms with Crippen LogP contribution in [0.4, 0.5) is 0 Å². The molecule has 0 saturated carbocycles. The maximum atomic E-state index is 11.0. The minimum atomic E-state index is -1.98. The molecule has 2 aromatic rings. The van der Waals surface area contributed by atoms with Gasteiger partial charge in [-0.15, -0.1) is 0 Å². The molecule has 0 radical (unpaired) electrons. The van der Waals surface area contributed by atoms with Crippen LogP contribution in [-0.2, 0) is 4.79 Å². The van der Waals surface area contributed by atoms with Crippen LogP contribution >= 0.6 is 0 Å². The van der Waals surface area contributed by atoms with E-state index in [1.54, 1.807) is 30.3 Å². The molecule has 0 heterocycles. The molecule has 2 aromatic carbocycles. The van der Waals surface area contributed by atoms with Gasteiger partial charge in [0.2, 0.25) is 0 Å². The summed E-state index contributed by atoms with van der Waals surface area (Å²) < 4.78 is 0. The van der Waals surface area contributed by atoms with Crippen molar-refractivity contribution in [3.8, 4) is 0 Å². The van der Waals surface area contributed by atoms with Gasteiger partial charge in [-0.3, -0.25) is 4.79 Å². The van der Waals surface area contributed by atoms with Gasteiger partial charge >= 0.3 is 5.97 Å². The number of carboxylic acid groups (broad SMARTS) is 1. The highest BCUT2D eigenvalue weighted by atomic mass is 16.4. The number of aliphatic carboxylic acids is 1. The summed E-state index contributed by atoms with van der Waals surface area (Å²) in [6.45, 7) is 0. The lowest BCUT2D eigenvalue weighted by Crippen LogP contribution is -2.28. The monoisotopic (exact) mass is 260 g/mol. The molecule has 5 nitrogen and oxygen atoms in total. The van der Waals surface area contributed by atoms with Gasteiger partial charge in [-0.25, -0.2) is 4.79 Å². The minimum absolute atomic E-state index is 0.128. The van der Waals surface area contributed by atoms with Gasteiger partial charge in [-0.1, -0.05) is 36.4 Å². The van der Waals surface area contributed by atoms with Crippen LogP contribution in [0.5, 0.6) is 0 Å². The number of rotatable bonds is 4. The highest BCUT2D eigenvalue weighted by Crippen LogP contribution is 2.29. The van der Waals surface area contributed by atoms with Crippen LogP contribution in [0.15, 0.2) is 36.4 Å². The summed E-state index contributed by atoms with van der Waals surface area (Å²) in [6.07, 6.45) is -3.12. The van der Waals surface area contributed by atoms with Crippen molar-refractivity contribution in [1.29, 1.82) is 0 Å². The number of aliphatic hydroxyl groups is 2. The van der Waals surface area contributed by atoms with Gasteiger partial charge in [-0.05, 0) is 10.8 Å². The molecule has 0 aliphatic rings. The summed E-state index contributed by atoms with van der Waals surface area (Å²) in [6, 6.07) is 10.1. The fourth-order valence-corrected chi connectivity index (χ4v) is 2.04. The Morgan fingerprint density at radius 1 is 1.11 bits per heavy atom. The first-order valence-corrected chi connectivity index (χ1v) is 5.62. The van der Waals surface area contributed by atoms with Crippen LogP contribution in [0, 0.1) is 0 Å². The van der Waals surface area contributed by atoms with Crippen molar-refractivity contribution in [2.45, 2.75) is 12.2 Å². The van der Waals surface area contributed by atoms with Gasteiger partial charge in [0.25, 0.3) is 0 Å². The maximum Gasteiger partial charge on any atom is 0.335 e. The van der Waals surface area contributed by atoms with Crippen LogP contribution in [0.25, 0.3) is 10.8 Å². The fourth-order valence-electron chi connectivity index (χ4n) is 2.04. The Labute approximate surface area is 108 Å². The number of benzene rings is 2. The van der Waals surface area contributed by atoms with Crippen molar-refractivity contribution in [3.05, 3.63) is 47.5 Å². The smallest absolute Gasteiger partial charge is 0.335 e. The predicted molar refractivity (Wildman–Crippen MR) is 67.9 cm³/mol. The largest absolute Gasteiger partial charge is 0.479 e. The number of fused-ring (bicyclic) bond motifs is 1. The van der Waals surface area contributed by atoms with Crippen molar-refractivity contribution in [2.24, 2.45) is 0 Å². The minimum Gasteiger partial charge on any atom is -0.479 e. The molecule has 0 amide bonds. The lowest BCUT2D eigenvalue weighted by atomic mass is 9.93. The molecule has 0 fully saturated rings. The standard InChI is InChI=1S/C14H12O5/c15-7-9-6-5-8-3-1-2-4-10(8)11(9)12(16)13(17)14(18)19/h1-7,12-13,16-17H,(H,18,19). The van der Waals surface area contributed by atoms with E-state index in [-0.39, 0.29) is 11.1 Å². The van der Waals surface area contributed by atoms with E-state index in [9.17, 15) is 19.8 Å². The van der Waals surface area contributed by atoms with Gasteiger partial charge in [-0.2, -0.15) is 0 Å². The molecule has 2 atom stereocenters. The molecule has 2 unspecified atom stereocenters. The van der Waals surface area contributed by atoms with E-state index < -0.39 is 18.2 Å². The summed E-state index contributed by atoms with van der Waals surface area (Å²) in [4.78, 5) is 21.8. The quantitative estimate of drug-likeness (QED) is 0.716. The summed E-state index contributed by atoms with van der Waals surface area (Å²) in [5, 5.41) is 29.5. The molecule has 2 rings (SSSR count). The summed E-state index contributed by atoms with van der Waals surface area (Å²) in [5.74, 6) is -1.54. The first-order valence-electron chi connectivity index (χ1n) is 5.62. The number of carbonyl (C=O) groups is 2. The molecular weight excluding hydrogens is 248 g/mol.